The van der Waals surface area contributed by atoms with E-state index in [1.807, 2.05) is 0 Å². The zero-order chi connectivity index (χ0) is 13.3. The Morgan fingerprint density at radius 2 is 1.22 bits per heavy atom. The van der Waals surface area contributed by atoms with Gasteiger partial charge >= 0.3 is 0 Å². The highest BCUT2D eigenvalue weighted by Gasteiger charge is 1.82. The van der Waals surface area contributed by atoms with Crippen LogP contribution in [0.5, 0.6) is 0 Å². The zero-order valence-electron chi connectivity index (χ0n) is 11.8. The summed E-state index contributed by atoms with van der Waals surface area (Å²) in [4.78, 5) is 10.1. The number of allylic oxidation sites excluding steroid dienone is 6. The van der Waals surface area contributed by atoms with Crippen LogP contribution in [-0.4, -0.2) is 6.29 Å². The van der Waals surface area contributed by atoms with Crippen molar-refractivity contribution in [2.75, 3.05) is 0 Å². The Morgan fingerprint density at radius 1 is 0.667 bits per heavy atom. The molecule has 18 heavy (non-hydrogen) atoms. The van der Waals surface area contributed by atoms with Gasteiger partial charge in [-0.15, -0.1) is 0 Å². The molecule has 0 aromatic heterocycles. The maximum atomic E-state index is 10.1. The summed E-state index contributed by atoms with van der Waals surface area (Å²) in [5, 5.41) is 0. The summed E-state index contributed by atoms with van der Waals surface area (Å²) in [5.41, 5.74) is 0. The number of rotatable bonds is 12. The first-order chi connectivity index (χ1) is 8.91. The van der Waals surface area contributed by atoms with Gasteiger partial charge in [-0.3, -0.25) is 0 Å². The van der Waals surface area contributed by atoms with Gasteiger partial charge in [-0.1, -0.05) is 56.2 Å². The monoisotopic (exact) mass is 248 g/mol. The summed E-state index contributed by atoms with van der Waals surface area (Å²) in [5.74, 6) is 0. The molecule has 0 N–H and O–H groups in total. The van der Waals surface area contributed by atoms with E-state index >= 15 is 0 Å². The van der Waals surface area contributed by atoms with Crippen molar-refractivity contribution >= 4 is 6.29 Å². The Kier molecular flexibility index (Phi) is 14.9. The molecule has 0 amide bonds. The van der Waals surface area contributed by atoms with E-state index in [2.05, 4.69) is 43.4 Å². The Bertz CT molecular complexity index is 248. The Hall–Kier alpha value is -1.11. The van der Waals surface area contributed by atoms with Crippen LogP contribution in [0.1, 0.15) is 64.7 Å². The predicted octanol–water partition coefficient (Wildman–Crippen LogP) is 5.38. The fourth-order valence-electron chi connectivity index (χ4n) is 1.58. The van der Waals surface area contributed by atoms with Crippen LogP contribution < -0.4 is 0 Å². The molecule has 0 aliphatic heterocycles. The van der Waals surface area contributed by atoms with Crippen molar-refractivity contribution in [3.8, 4) is 0 Å². The van der Waals surface area contributed by atoms with Gasteiger partial charge < -0.3 is 4.79 Å². The Balaban J connectivity index is 3.27. The van der Waals surface area contributed by atoms with Crippen LogP contribution in [0.3, 0.4) is 0 Å². The van der Waals surface area contributed by atoms with Crippen molar-refractivity contribution in [1.82, 2.24) is 0 Å². The lowest BCUT2D eigenvalue weighted by Gasteiger charge is -1.89. The average Bonchev–Trinajstić information content (AvgIpc) is 2.39. The van der Waals surface area contributed by atoms with Crippen LogP contribution in [-0.2, 0) is 4.79 Å². The minimum absolute atomic E-state index is 0.689. The first-order valence-corrected chi connectivity index (χ1v) is 7.30. The predicted molar refractivity (Wildman–Crippen MR) is 80.7 cm³/mol. The summed E-state index contributed by atoms with van der Waals surface area (Å²) < 4.78 is 0. The average molecular weight is 248 g/mol. The highest BCUT2D eigenvalue weighted by molar-refractivity contribution is 5.48. The quantitative estimate of drug-likeness (QED) is 0.257. The summed E-state index contributed by atoms with van der Waals surface area (Å²) in [7, 11) is 0. The molecule has 0 spiro atoms. The molecule has 102 valence electrons. The molecule has 1 nitrogen and oxygen atoms in total. The highest BCUT2D eigenvalue weighted by Crippen LogP contribution is 2.00. The van der Waals surface area contributed by atoms with E-state index in [9.17, 15) is 4.79 Å². The number of hydrogen-bond donors (Lipinski definition) is 0. The number of hydrogen-bond acceptors (Lipinski definition) is 1. The van der Waals surface area contributed by atoms with Gasteiger partial charge in [0.25, 0.3) is 0 Å². The Morgan fingerprint density at radius 3 is 1.89 bits per heavy atom. The second-order valence-corrected chi connectivity index (χ2v) is 4.47. The topological polar surface area (TPSA) is 17.1 Å². The van der Waals surface area contributed by atoms with Crippen LogP contribution in [0.2, 0.25) is 0 Å². The summed E-state index contributed by atoms with van der Waals surface area (Å²) in [6.45, 7) is 2.22. The normalized spacial score (nSPS) is 12.1. The van der Waals surface area contributed by atoms with E-state index < -0.39 is 0 Å². The molecule has 0 atom stereocenters. The third-order valence-corrected chi connectivity index (χ3v) is 2.69. The molecule has 0 aromatic carbocycles. The molecular weight excluding hydrogens is 220 g/mol. The fourth-order valence-corrected chi connectivity index (χ4v) is 1.58. The number of carbonyl (C=O) groups excluding carboxylic acids is 1. The lowest BCUT2D eigenvalue weighted by atomic mass is 10.2. The van der Waals surface area contributed by atoms with Gasteiger partial charge in [-0.2, -0.15) is 0 Å². The van der Waals surface area contributed by atoms with E-state index in [0.29, 0.717) is 6.42 Å². The zero-order valence-corrected chi connectivity index (χ0v) is 11.8. The van der Waals surface area contributed by atoms with E-state index in [-0.39, 0.29) is 0 Å². The fraction of sp³-hybridized carbons (Fsp3) is 0.588. The summed E-state index contributed by atoms with van der Waals surface area (Å²) in [6, 6.07) is 0. The van der Waals surface area contributed by atoms with Gasteiger partial charge in [0.2, 0.25) is 0 Å². The third-order valence-electron chi connectivity index (χ3n) is 2.69. The second-order valence-electron chi connectivity index (χ2n) is 4.47. The largest absolute Gasteiger partial charge is 0.303 e. The Labute approximate surface area is 113 Å². The molecule has 0 bridgehead atoms. The molecule has 0 aliphatic carbocycles. The molecule has 1 heteroatoms. The maximum Gasteiger partial charge on any atom is 0.120 e. The summed E-state index contributed by atoms with van der Waals surface area (Å²) >= 11 is 0. The van der Waals surface area contributed by atoms with E-state index in [1.54, 1.807) is 0 Å². The first-order valence-electron chi connectivity index (χ1n) is 7.30. The molecule has 0 rings (SSSR count). The maximum absolute atomic E-state index is 10.1. The van der Waals surface area contributed by atoms with Crippen LogP contribution >= 0.6 is 0 Å². The smallest absolute Gasteiger partial charge is 0.120 e. The lowest BCUT2D eigenvalue weighted by Crippen LogP contribution is -1.73. The van der Waals surface area contributed by atoms with Crippen LogP contribution in [0.4, 0.5) is 0 Å². The van der Waals surface area contributed by atoms with Crippen molar-refractivity contribution < 1.29 is 4.79 Å². The highest BCUT2D eigenvalue weighted by atomic mass is 16.1. The first kappa shape index (κ1) is 16.9. The molecule has 0 fully saturated rings. The van der Waals surface area contributed by atoms with Crippen molar-refractivity contribution in [3.05, 3.63) is 36.5 Å². The van der Waals surface area contributed by atoms with Crippen LogP contribution in [0.15, 0.2) is 36.5 Å². The SMILES string of the molecule is CCCCC=CCC=CCCC=CCCCC=O. The summed E-state index contributed by atoms with van der Waals surface area (Å²) in [6.07, 6.45) is 24.2. The number of carbonyl (C=O) groups is 1. The molecule has 0 heterocycles. The third kappa shape index (κ3) is 14.9. The molecule has 0 saturated carbocycles. The molecule has 0 aliphatic rings. The van der Waals surface area contributed by atoms with Gasteiger partial charge in [0.05, 0.1) is 0 Å². The molecule has 0 radical (unpaired) electrons. The minimum Gasteiger partial charge on any atom is -0.303 e. The van der Waals surface area contributed by atoms with Crippen molar-refractivity contribution in [1.29, 1.82) is 0 Å². The number of aldehydes is 1. The van der Waals surface area contributed by atoms with Gasteiger partial charge in [-0.25, -0.2) is 0 Å². The van der Waals surface area contributed by atoms with Gasteiger partial charge in [0.15, 0.2) is 0 Å². The van der Waals surface area contributed by atoms with Crippen molar-refractivity contribution in [3.63, 3.8) is 0 Å². The van der Waals surface area contributed by atoms with Crippen molar-refractivity contribution in [2.45, 2.75) is 64.7 Å². The minimum atomic E-state index is 0.689. The lowest BCUT2D eigenvalue weighted by molar-refractivity contribution is -0.107. The number of unbranched alkanes of at least 4 members (excludes halogenated alkanes) is 5. The van der Waals surface area contributed by atoms with Crippen LogP contribution in [0.25, 0.3) is 0 Å². The van der Waals surface area contributed by atoms with Crippen molar-refractivity contribution in [2.24, 2.45) is 0 Å². The molecule has 0 saturated heterocycles. The van der Waals surface area contributed by atoms with Gasteiger partial charge in [0, 0.05) is 6.42 Å². The second kappa shape index (κ2) is 15.9. The van der Waals surface area contributed by atoms with E-state index in [1.165, 1.54) is 19.3 Å². The molecular formula is C17H28O. The van der Waals surface area contributed by atoms with Gasteiger partial charge in [-0.05, 0) is 38.5 Å². The standard InChI is InChI=1S/C17H28O/c1-2-3-4-5-6-7-8-9-10-11-12-13-14-15-16-17-18/h5-6,8-9,12-13,17H,2-4,7,10-11,14-16H2,1H3. The van der Waals surface area contributed by atoms with E-state index in [0.717, 1.165) is 38.4 Å². The van der Waals surface area contributed by atoms with Crippen LogP contribution in [0, 0.1) is 0 Å². The molecule has 0 aromatic rings. The van der Waals surface area contributed by atoms with Gasteiger partial charge in [0.1, 0.15) is 6.29 Å². The molecule has 0 unspecified atom stereocenters. The van der Waals surface area contributed by atoms with E-state index in [4.69, 9.17) is 0 Å².